The number of hydrogen-bond acceptors (Lipinski definition) is 1. The number of anilines is 3. The van der Waals surface area contributed by atoms with E-state index in [0.717, 1.165) is 11.4 Å². The Hall–Kier alpha value is -6.70. The lowest BCUT2D eigenvalue weighted by atomic mass is 9.74. The van der Waals surface area contributed by atoms with Crippen molar-refractivity contribution in [1.29, 1.82) is 0 Å². The van der Waals surface area contributed by atoms with Crippen LogP contribution in [-0.2, 0) is 5.41 Å². The van der Waals surface area contributed by atoms with Crippen LogP contribution >= 0.6 is 0 Å². The molecule has 1 aliphatic carbocycles. The maximum atomic E-state index is 2.46. The molecule has 9 aromatic carbocycles. The van der Waals surface area contributed by atoms with Crippen molar-refractivity contribution in [2.45, 2.75) is 12.3 Å². The first-order valence-electron chi connectivity index (χ1n) is 18.4. The molecule has 1 nitrogen and oxygen atoms in total. The van der Waals surface area contributed by atoms with Crippen LogP contribution in [0, 0.1) is 0 Å². The molecule has 0 N–H and O–H groups in total. The molecule has 0 radical (unpaired) electrons. The second-order valence-corrected chi connectivity index (χ2v) is 14.3. The predicted octanol–water partition coefficient (Wildman–Crippen LogP) is 14.1. The molecule has 0 spiro atoms. The van der Waals surface area contributed by atoms with Gasteiger partial charge in [-0.2, -0.15) is 0 Å². The first-order chi connectivity index (χ1) is 26.1. The van der Waals surface area contributed by atoms with E-state index in [-0.39, 0.29) is 5.41 Å². The number of hydrogen-bond donors (Lipinski definition) is 0. The van der Waals surface area contributed by atoms with Crippen LogP contribution in [-0.4, -0.2) is 0 Å². The van der Waals surface area contributed by atoms with Gasteiger partial charge in [-0.05, 0) is 109 Å². The van der Waals surface area contributed by atoms with Gasteiger partial charge in [0.05, 0.1) is 5.69 Å². The highest BCUT2D eigenvalue weighted by molar-refractivity contribution is 5.98. The summed E-state index contributed by atoms with van der Waals surface area (Å²) in [4.78, 5) is 2.46. The molecule has 0 amide bonds. The molecule has 9 aromatic rings. The summed E-state index contributed by atoms with van der Waals surface area (Å²) in [5, 5.41) is 4.97. The molecule has 1 unspecified atom stereocenters. The summed E-state index contributed by atoms with van der Waals surface area (Å²) in [5.74, 6) is 0. The van der Waals surface area contributed by atoms with Crippen molar-refractivity contribution >= 4 is 38.6 Å². The van der Waals surface area contributed by atoms with Crippen LogP contribution in [0.5, 0.6) is 0 Å². The summed E-state index contributed by atoms with van der Waals surface area (Å²) in [6.45, 7) is 2.39. The van der Waals surface area contributed by atoms with Crippen LogP contribution in [0.4, 0.5) is 17.1 Å². The zero-order chi connectivity index (χ0) is 35.4. The SMILES string of the molecule is CC1(c2ccccc2)c2ccccc2-c2c(N(c3cccc(-c4ccc(-c5ccc6ccccc6c5)cc4)c3)c3ccc4ccccc4c3)cccc21. The van der Waals surface area contributed by atoms with E-state index in [1.165, 1.54) is 77.3 Å². The summed E-state index contributed by atoms with van der Waals surface area (Å²) in [7, 11) is 0. The molecular formula is C52H37N. The van der Waals surface area contributed by atoms with E-state index in [1.807, 2.05) is 0 Å². The topological polar surface area (TPSA) is 3.24 Å². The predicted molar refractivity (Wildman–Crippen MR) is 224 cm³/mol. The first kappa shape index (κ1) is 31.1. The fourth-order valence-corrected chi connectivity index (χ4v) is 8.58. The number of rotatable bonds is 6. The van der Waals surface area contributed by atoms with E-state index in [2.05, 4.69) is 218 Å². The lowest BCUT2D eigenvalue weighted by Crippen LogP contribution is -2.22. The maximum Gasteiger partial charge on any atom is 0.0543 e. The van der Waals surface area contributed by atoms with Crippen molar-refractivity contribution in [2.75, 3.05) is 4.90 Å². The van der Waals surface area contributed by atoms with Crippen molar-refractivity contribution < 1.29 is 0 Å². The second kappa shape index (κ2) is 12.5. The summed E-state index contributed by atoms with van der Waals surface area (Å²) in [6.07, 6.45) is 0. The van der Waals surface area contributed by atoms with Gasteiger partial charge in [0.2, 0.25) is 0 Å². The molecule has 0 saturated heterocycles. The Kier molecular flexibility index (Phi) is 7.33. The van der Waals surface area contributed by atoms with Gasteiger partial charge in [-0.15, -0.1) is 0 Å². The Balaban J connectivity index is 1.13. The molecule has 53 heavy (non-hydrogen) atoms. The molecule has 0 bridgehead atoms. The highest BCUT2D eigenvalue weighted by atomic mass is 15.1. The standard InChI is InChI=1S/C52H37N/c1-52(44-18-3-2-4-19-44)48-22-10-9-21-47(48)51-49(52)23-12-24-50(51)53(46-32-31-37-14-6-8-16-41(37)35-46)45-20-11-17-42(34-45)38-25-27-39(28-26-38)43-30-29-36-13-5-7-15-40(36)33-43/h2-35H,1H3. The molecule has 0 saturated carbocycles. The highest BCUT2D eigenvalue weighted by Gasteiger charge is 2.42. The highest BCUT2D eigenvalue weighted by Crippen LogP contribution is 2.56. The van der Waals surface area contributed by atoms with E-state index in [9.17, 15) is 0 Å². The van der Waals surface area contributed by atoms with Crippen molar-refractivity contribution in [3.63, 3.8) is 0 Å². The summed E-state index contributed by atoms with van der Waals surface area (Å²) >= 11 is 0. The molecule has 250 valence electrons. The Morgan fingerprint density at radius 3 is 1.66 bits per heavy atom. The van der Waals surface area contributed by atoms with Crippen LogP contribution in [0.15, 0.2) is 206 Å². The van der Waals surface area contributed by atoms with Crippen molar-refractivity contribution in [2.24, 2.45) is 0 Å². The first-order valence-corrected chi connectivity index (χ1v) is 18.4. The van der Waals surface area contributed by atoms with Gasteiger partial charge in [-0.3, -0.25) is 0 Å². The van der Waals surface area contributed by atoms with Crippen LogP contribution < -0.4 is 4.90 Å². The van der Waals surface area contributed by atoms with Crippen LogP contribution in [0.25, 0.3) is 54.9 Å². The normalized spacial score (nSPS) is 14.6. The number of benzene rings is 9. The second-order valence-electron chi connectivity index (χ2n) is 14.3. The Bertz CT molecular complexity index is 2800. The number of fused-ring (bicyclic) bond motifs is 5. The summed E-state index contributed by atoms with van der Waals surface area (Å²) < 4.78 is 0. The number of nitrogens with zero attached hydrogens (tertiary/aromatic N) is 1. The van der Waals surface area contributed by atoms with Crippen molar-refractivity contribution in [3.8, 4) is 33.4 Å². The van der Waals surface area contributed by atoms with Gasteiger partial charge in [0.15, 0.2) is 0 Å². The van der Waals surface area contributed by atoms with Gasteiger partial charge in [0.1, 0.15) is 0 Å². The molecule has 0 aromatic heterocycles. The van der Waals surface area contributed by atoms with Crippen molar-refractivity contribution in [1.82, 2.24) is 0 Å². The fraction of sp³-hybridized carbons (Fsp3) is 0.0385. The van der Waals surface area contributed by atoms with E-state index < -0.39 is 0 Å². The van der Waals surface area contributed by atoms with E-state index in [4.69, 9.17) is 0 Å². The minimum atomic E-state index is -0.285. The average molecular weight is 676 g/mol. The monoisotopic (exact) mass is 675 g/mol. The van der Waals surface area contributed by atoms with Crippen LogP contribution in [0.2, 0.25) is 0 Å². The summed E-state index contributed by atoms with van der Waals surface area (Å²) in [5.41, 5.74) is 14.5. The van der Waals surface area contributed by atoms with Gasteiger partial charge < -0.3 is 4.90 Å². The van der Waals surface area contributed by atoms with E-state index in [0.29, 0.717) is 0 Å². The molecule has 0 aliphatic heterocycles. The van der Waals surface area contributed by atoms with Gasteiger partial charge in [0.25, 0.3) is 0 Å². The maximum absolute atomic E-state index is 2.46. The molecular weight excluding hydrogens is 639 g/mol. The third-order valence-corrected chi connectivity index (χ3v) is 11.3. The average Bonchev–Trinajstić information content (AvgIpc) is 3.50. The zero-order valence-corrected chi connectivity index (χ0v) is 29.6. The largest absolute Gasteiger partial charge is 0.310 e. The molecule has 1 heteroatoms. The lowest BCUT2D eigenvalue weighted by Gasteiger charge is -2.31. The minimum Gasteiger partial charge on any atom is -0.310 e. The van der Waals surface area contributed by atoms with E-state index in [1.54, 1.807) is 0 Å². The van der Waals surface area contributed by atoms with Crippen LogP contribution in [0.3, 0.4) is 0 Å². The molecule has 0 fully saturated rings. The van der Waals surface area contributed by atoms with Gasteiger partial charge in [-0.1, -0.05) is 170 Å². The quantitative estimate of drug-likeness (QED) is 0.170. The fourth-order valence-electron chi connectivity index (χ4n) is 8.58. The van der Waals surface area contributed by atoms with Crippen molar-refractivity contribution in [3.05, 3.63) is 223 Å². The van der Waals surface area contributed by atoms with Gasteiger partial charge in [0, 0.05) is 22.4 Å². The molecule has 10 rings (SSSR count). The smallest absolute Gasteiger partial charge is 0.0543 e. The lowest BCUT2D eigenvalue weighted by molar-refractivity contribution is 0.714. The Morgan fingerprint density at radius 1 is 0.358 bits per heavy atom. The molecule has 1 atom stereocenters. The Morgan fingerprint density at radius 2 is 0.906 bits per heavy atom. The van der Waals surface area contributed by atoms with E-state index >= 15 is 0 Å². The van der Waals surface area contributed by atoms with Gasteiger partial charge in [-0.25, -0.2) is 0 Å². The molecule has 1 aliphatic rings. The van der Waals surface area contributed by atoms with Gasteiger partial charge >= 0.3 is 0 Å². The minimum absolute atomic E-state index is 0.285. The molecule has 0 heterocycles. The third kappa shape index (κ3) is 5.16. The van der Waals surface area contributed by atoms with Crippen LogP contribution in [0.1, 0.15) is 23.6 Å². The Labute approximate surface area is 311 Å². The zero-order valence-electron chi connectivity index (χ0n) is 29.6. The summed E-state index contributed by atoms with van der Waals surface area (Å²) in [6, 6.07) is 75.6. The third-order valence-electron chi connectivity index (χ3n) is 11.3.